The molecule has 0 aliphatic heterocycles. The molecule has 0 aliphatic rings. The number of unbranched alkanes of at least 4 members (excludes halogenated alkanes) is 61. The van der Waals surface area contributed by atoms with Gasteiger partial charge in [-0.1, -0.05) is 406 Å². The van der Waals surface area contributed by atoms with Crippen LogP contribution in [0.25, 0.3) is 0 Å². The van der Waals surface area contributed by atoms with Gasteiger partial charge in [0.05, 0.1) is 0 Å². The van der Waals surface area contributed by atoms with Gasteiger partial charge in [-0.15, -0.1) is 0 Å². The molecule has 0 aliphatic carbocycles. The number of nitrogens with one attached hydrogen (secondary N) is 1. The molecule has 0 amide bonds. The first-order chi connectivity index (χ1) is 33.9. The summed E-state index contributed by atoms with van der Waals surface area (Å²) in [5.41, 5.74) is 0. The van der Waals surface area contributed by atoms with Crippen molar-refractivity contribution in [2.45, 2.75) is 418 Å². The summed E-state index contributed by atoms with van der Waals surface area (Å²) >= 11 is 0. The van der Waals surface area contributed by atoms with E-state index in [1.165, 1.54) is 418 Å². The first-order valence-electron chi connectivity index (χ1n) is 33.6. The minimum atomic E-state index is 1.25. The molecule has 0 heterocycles. The number of rotatable bonds is 65. The summed E-state index contributed by atoms with van der Waals surface area (Å²) in [4.78, 5) is 0. The molecule has 0 fully saturated rings. The topological polar surface area (TPSA) is 12.0 Å². The molecule has 0 spiro atoms. The van der Waals surface area contributed by atoms with Crippen LogP contribution in [0.3, 0.4) is 0 Å². The zero-order valence-corrected chi connectivity index (χ0v) is 48.5. The summed E-state index contributed by atoms with van der Waals surface area (Å²) in [7, 11) is 0. The Labute approximate surface area is 434 Å². The maximum atomic E-state index is 3.70. The van der Waals surface area contributed by atoms with Crippen LogP contribution in [0.2, 0.25) is 0 Å². The van der Waals surface area contributed by atoms with Crippen LogP contribution in [-0.4, -0.2) is 13.1 Å². The maximum absolute atomic E-state index is 3.70. The van der Waals surface area contributed by atoms with Crippen molar-refractivity contribution in [1.29, 1.82) is 0 Å². The van der Waals surface area contributed by atoms with Crippen LogP contribution in [0.1, 0.15) is 418 Å². The van der Waals surface area contributed by atoms with Crippen LogP contribution in [0.4, 0.5) is 0 Å². The van der Waals surface area contributed by atoms with Crippen LogP contribution >= 0.6 is 0 Å². The van der Waals surface area contributed by atoms with Crippen molar-refractivity contribution < 1.29 is 0 Å². The van der Waals surface area contributed by atoms with Crippen LogP contribution in [0.5, 0.6) is 0 Å². The third kappa shape index (κ3) is 66.0. The zero-order chi connectivity index (χ0) is 48.7. The average Bonchev–Trinajstić information content (AvgIpc) is 3.35. The minimum Gasteiger partial charge on any atom is -0.317 e. The minimum absolute atomic E-state index is 1.25. The van der Waals surface area contributed by atoms with Gasteiger partial charge in [0.1, 0.15) is 0 Å². The molecule has 0 unspecified atom stereocenters. The van der Waals surface area contributed by atoms with Gasteiger partial charge >= 0.3 is 0 Å². The van der Waals surface area contributed by atoms with E-state index in [9.17, 15) is 0 Å². The molecular weight excluding hydrogens is 819 g/mol. The molecule has 0 aromatic carbocycles. The second kappa shape index (κ2) is 67.0. The normalized spacial score (nSPS) is 11.7. The van der Waals surface area contributed by atoms with Gasteiger partial charge in [0.25, 0.3) is 0 Å². The van der Waals surface area contributed by atoms with Gasteiger partial charge in [-0.05, 0) is 25.9 Å². The van der Waals surface area contributed by atoms with Crippen molar-refractivity contribution in [1.82, 2.24) is 5.32 Å². The van der Waals surface area contributed by atoms with Gasteiger partial charge < -0.3 is 5.32 Å². The fraction of sp³-hybridized carbons (Fsp3) is 1.00. The quantitative estimate of drug-likeness (QED) is 0.0599. The smallest absolute Gasteiger partial charge is 0.00489 e. The Morgan fingerprint density at radius 1 is 0.118 bits per heavy atom. The third-order valence-corrected chi connectivity index (χ3v) is 16.2. The SMILES string of the molecule is CCCCCCCCCCCCCCCCCCCCCCCCCCCCCCCCCCCCCCCCCCCCCCCCCCCCCCNCCCCCCCCCCCCC. The Bertz CT molecular complexity index is 739. The van der Waals surface area contributed by atoms with E-state index in [0.717, 1.165) is 0 Å². The molecule has 1 N–H and O–H groups in total. The van der Waals surface area contributed by atoms with Gasteiger partial charge in [-0.25, -0.2) is 0 Å². The lowest BCUT2D eigenvalue weighted by atomic mass is 10.0. The van der Waals surface area contributed by atoms with E-state index in [0.29, 0.717) is 0 Å². The molecule has 1 nitrogen and oxygen atoms in total. The van der Waals surface area contributed by atoms with Crippen LogP contribution in [0, 0.1) is 0 Å². The first kappa shape index (κ1) is 68.0. The summed E-state index contributed by atoms with van der Waals surface area (Å²) in [6, 6.07) is 0. The predicted octanol–water partition coefficient (Wildman–Crippen LogP) is 25.2. The molecule has 0 saturated heterocycles. The van der Waals surface area contributed by atoms with Gasteiger partial charge in [-0.2, -0.15) is 0 Å². The molecule has 0 saturated carbocycles. The summed E-state index contributed by atoms with van der Waals surface area (Å²) < 4.78 is 0. The standard InChI is InChI=1S/C67H137N/c1-3-5-7-9-11-13-15-16-17-18-19-20-21-22-23-24-25-26-27-28-29-30-31-32-33-34-35-36-37-38-39-40-41-42-43-44-45-46-47-48-49-50-51-52-53-54-55-57-59-61-63-65-67-68-66-64-62-60-58-56-14-12-10-8-6-4-2/h68H,3-67H2,1-2H3. The summed E-state index contributed by atoms with van der Waals surface area (Å²) in [5.74, 6) is 0. The lowest BCUT2D eigenvalue weighted by Crippen LogP contribution is -2.16. The van der Waals surface area contributed by atoms with Crippen molar-refractivity contribution in [2.24, 2.45) is 0 Å². The molecule has 0 radical (unpaired) electrons. The second-order valence-corrected chi connectivity index (χ2v) is 23.3. The fourth-order valence-electron chi connectivity index (χ4n) is 11.2. The largest absolute Gasteiger partial charge is 0.317 e. The highest BCUT2D eigenvalue weighted by Gasteiger charge is 2.00. The third-order valence-electron chi connectivity index (χ3n) is 16.2. The monoisotopic (exact) mass is 956 g/mol. The Kier molecular flexibility index (Phi) is 66.9. The van der Waals surface area contributed by atoms with E-state index in [4.69, 9.17) is 0 Å². The lowest BCUT2D eigenvalue weighted by molar-refractivity contribution is 0.507. The summed E-state index contributed by atoms with van der Waals surface area (Å²) in [6.07, 6.45) is 93.2. The lowest BCUT2D eigenvalue weighted by Gasteiger charge is -2.06. The Hall–Kier alpha value is -0.0400. The second-order valence-electron chi connectivity index (χ2n) is 23.3. The Morgan fingerprint density at radius 3 is 0.309 bits per heavy atom. The van der Waals surface area contributed by atoms with Crippen molar-refractivity contribution in [3.63, 3.8) is 0 Å². The van der Waals surface area contributed by atoms with E-state index >= 15 is 0 Å². The van der Waals surface area contributed by atoms with Gasteiger partial charge in [-0.3, -0.25) is 0 Å². The molecule has 0 atom stereocenters. The van der Waals surface area contributed by atoms with Crippen LogP contribution in [-0.2, 0) is 0 Å². The van der Waals surface area contributed by atoms with Gasteiger partial charge in [0, 0.05) is 0 Å². The van der Waals surface area contributed by atoms with Gasteiger partial charge in [0.15, 0.2) is 0 Å². The predicted molar refractivity (Wildman–Crippen MR) is 315 cm³/mol. The Balaban J connectivity index is 3.07. The summed E-state index contributed by atoms with van der Waals surface area (Å²) in [6.45, 7) is 7.12. The van der Waals surface area contributed by atoms with Crippen molar-refractivity contribution in [2.75, 3.05) is 13.1 Å². The van der Waals surface area contributed by atoms with E-state index < -0.39 is 0 Å². The maximum Gasteiger partial charge on any atom is -0.00489 e. The van der Waals surface area contributed by atoms with Crippen LogP contribution in [0.15, 0.2) is 0 Å². The van der Waals surface area contributed by atoms with Crippen LogP contribution < -0.4 is 5.32 Å². The fourth-order valence-corrected chi connectivity index (χ4v) is 11.2. The number of hydrogen-bond donors (Lipinski definition) is 1. The van der Waals surface area contributed by atoms with Crippen molar-refractivity contribution in [3.05, 3.63) is 0 Å². The summed E-state index contributed by atoms with van der Waals surface area (Å²) in [5, 5.41) is 3.70. The molecule has 0 bridgehead atoms. The number of hydrogen-bond acceptors (Lipinski definition) is 1. The molecule has 0 rings (SSSR count). The first-order valence-corrected chi connectivity index (χ1v) is 33.6. The van der Waals surface area contributed by atoms with E-state index in [2.05, 4.69) is 19.2 Å². The molecule has 68 heavy (non-hydrogen) atoms. The van der Waals surface area contributed by atoms with E-state index in [-0.39, 0.29) is 0 Å². The van der Waals surface area contributed by atoms with Crippen molar-refractivity contribution >= 4 is 0 Å². The molecule has 0 aromatic rings. The van der Waals surface area contributed by atoms with Crippen molar-refractivity contribution in [3.8, 4) is 0 Å². The highest BCUT2D eigenvalue weighted by molar-refractivity contribution is 4.57. The molecule has 1 heteroatoms. The Morgan fingerprint density at radius 2 is 0.206 bits per heavy atom. The van der Waals surface area contributed by atoms with Gasteiger partial charge in [0.2, 0.25) is 0 Å². The molecular formula is C67H137N. The zero-order valence-electron chi connectivity index (χ0n) is 48.5. The van der Waals surface area contributed by atoms with E-state index in [1.54, 1.807) is 0 Å². The average molecular weight is 957 g/mol. The molecule has 0 aromatic heterocycles. The highest BCUT2D eigenvalue weighted by Crippen LogP contribution is 2.19. The highest BCUT2D eigenvalue weighted by atomic mass is 14.8. The van der Waals surface area contributed by atoms with E-state index in [1.807, 2.05) is 0 Å². The molecule has 410 valence electrons.